The Hall–Kier alpha value is 0.200. The summed E-state index contributed by atoms with van der Waals surface area (Å²) < 4.78 is 1.34. The summed E-state index contributed by atoms with van der Waals surface area (Å²) in [4.78, 5) is 0. The number of rotatable bonds is 1. The van der Waals surface area contributed by atoms with Crippen LogP contribution in [0.15, 0.2) is 18.2 Å². The molecule has 0 bridgehead atoms. The van der Waals surface area contributed by atoms with Crippen molar-refractivity contribution < 1.29 is 0 Å². The number of fused-ring (bicyclic) bond motifs is 1. The van der Waals surface area contributed by atoms with Crippen molar-refractivity contribution in [3.8, 4) is 0 Å². The molecule has 1 nitrogen and oxygen atoms in total. The minimum atomic E-state index is 0. The molecule has 0 amide bonds. The first-order valence-electron chi connectivity index (χ1n) is 4.79. The van der Waals surface area contributed by atoms with Crippen molar-refractivity contribution in [2.45, 2.75) is 25.2 Å². The van der Waals surface area contributed by atoms with Crippen LogP contribution in [0.2, 0.25) is 0 Å². The van der Waals surface area contributed by atoms with Crippen molar-refractivity contribution in [3.05, 3.63) is 32.9 Å². The summed E-state index contributed by atoms with van der Waals surface area (Å²) in [6.07, 6.45) is 3.81. The third-order valence-electron chi connectivity index (χ3n) is 2.83. The van der Waals surface area contributed by atoms with Crippen molar-refractivity contribution in [1.82, 2.24) is 0 Å². The molecule has 14 heavy (non-hydrogen) atoms. The van der Waals surface area contributed by atoms with E-state index in [2.05, 4.69) is 40.8 Å². The van der Waals surface area contributed by atoms with Gasteiger partial charge in [0.2, 0.25) is 0 Å². The fraction of sp³-hybridized carbons (Fsp3) is 0.455. The molecule has 2 rings (SSSR count). The zero-order valence-electron chi connectivity index (χ0n) is 8.00. The van der Waals surface area contributed by atoms with Gasteiger partial charge in [-0.15, -0.1) is 12.4 Å². The van der Waals surface area contributed by atoms with Crippen molar-refractivity contribution >= 4 is 35.0 Å². The average molecular weight is 324 g/mol. The summed E-state index contributed by atoms with van der Waals surface area (Å²) in [5.74, 6) is 0.612. The predicted octanol–water partition coefficient (Wildman–Crippen LogP) is 3.09. The summed E-state index contributed by atoms with van der Waals surface area (Å²) in [5.41, 5.74) is 8.77. The van der Waals surface area contributed by atoms with Crippen molar-refractivity contribution in [3.63, 3.8) is 0 Å². The Bertz CT molecular complexity index is 314. The van der Waals surface area contributed by atoms with E-state index in [9.17, 15) is 0 Å². The number of aryl methyl sites for hydroxylation is 1. The molecule has 0 saturated carbocycles. The predicted molar refractivity (Wildman–Crippen MR) is 71.1 cm³/mol. The van der Waals surface area contributed by atoms with Crippen LogP contribution in [0.5, 0.6) is 0 Å². The molecule has 2 N–H and O–H groups in total. The highest BCUT2D eigenvalue weighted by atomic mass is 127. The summed E-state index contributed by atoms with van der Waals surface area (Å²) in [6, 6.07) is 6.75. The number of halogens is 2. The maximum absolute atomic E-state index is 5.75. The summed E-state index contributed by atoms with van der Waals surface area (Å²) in [7, 11) is 0. The Morgan fingerprint density at radius 1 is 1.43 bits per heavy atom. The highest BCUT2D eigenvalue weighted by Gasteiger charge is 2.18. The van der Waals surface area contributed by atoms with Gasteiger partial charge in [-0.05, 0) is 77.6 Å². The van der Waals surface area contributed by atoms with Crippen molar-refractivity contribution in [2.75, 3.05) is 6.54 Å². The molecule has 1 aromatic carbocycles. The van der Waals surface area contributed by atoms with Gasteiger partial charge in [0.15, 0.2) is 0 Å². The SMILES string of the molecule is Cl.NC[C@@H]1CCCc2cc(I)ccc21. The Morgan fingerprint density at radius 2 is 2.21 bits per heavy atom. The van der Waals surface area contributed by atoms with E-state index >= 15 is 0 Å². The van der Waals surface area contributed by atoms with Gasteiger partial charge in [-0.3, -0.25) is 0 Å². The van der Waals surface area contributed by atoms with Crippen molar-refractivity contribution in [1.29, 1.82) is 0 Å². The minimum Gasteiger partial charge on any atom is -0.330 e. The second-order valence-electron chi connectivity index (χ2n) is 3.67. The van der Waals surface area contributed by atoms with E-state index in [1.807, 2.05) is 0 Å². The van der Waals surface area contributed by atoms with Crippen LogP contribution in [0.3, 0.4) is 0 Å². The molecule has 0 fully saturated rings. The van der Waals surface area contributed by atoms with E-state index in [1.165, 1.54) is 34.0 Å². The third-order valence-corrected chi connectivity index (χ3v) is 3.50. The number of nitrogens with two attached hydrogens (primary N) is 1. The first-order chi connectivity index (χ1) is 6.31. The molecule has 0 aliphatic heterocycles. The van der Waals surface area contributed by atoms with Crippen molar-refractivity contribution in [2.24, 2.45) is 5.73 Å². The lowest BCUT2D eigenvalue weighted by Crippen LogP contribution is -2.18. The molecule has 3 heteroatoms. The molecular weight excluding hydrogens is 308 g/mol. The van der Waals surface area contributed by atoms with Crippen LogP contribution >= 0.6 is 35.0 Å². The maximum Gasteiger partial charge on any atom is 0.0133 e. The Kier molecular flexibility index (Phi) is 4.67. The Labute approximate surface area is 105 Å². The summed E-state index contributed by atoms with van der Waals surface area (Å²) in [5, 5.41) is 0. The third kappa shape index (κ3) is 2.41. The molecule has 0 saturated heterocycles. The van der Waals surface area contributed by atoms with Crippen LogP contribution < -0.4 is 5.73 Å². The fourth-order valence-corrected chi connectivity index (χ4v) is 2.68. The van der Waals surface area contributed by atoms with Gasteiger partial charge < -0.3 is 5.73 Å². The van der Waals surface area contributed by atoms with Crippen LogP contribution in [0, 0.1) is 3.57 Å². The molecule has 0 radical (unpaired) electrons. The van der Waals surface area contributed by atoms with Gasteiger partial charge in [0.1, 0.15) is 0 Å². The first kappa shape index (κ1) is 12.3. The van der Waals surface area contributed by atoms with E-state index in [0.29, 0.717) is 5.92 Å². The number of hydrogen-bond acceptors (Lipinski definition) is 1. The van der Waals surface area contributed by atoms with E-state index in [-0.39, 0.29) is 12.4 Å². The monoisotopic (exact) mass is 323 g/mol. The minimum absolute atomic E-state index is 0. The van der Waals surface area contributed by atoms with Crippen LogP contribution in [-0.4, -0.2) is 6.54 Å². The molecular formula is C11H15ClIN. The van der Waals surface area contributed by atoms with Gasteiger partial charge in [0, 0.05) is 3.57 Å². The summed E-state index contributed by atoms with van der Waals surface area (Å²) in [6.45, 7) is 0.799. The lowest BCUT2D eigenvalue weighted by molar-refractivity contribution is 0.560. The van der Waals surface area contributed by atoms with Crippen LogP contribution in [-0.2, 0) is 6.42 Å². The molecule has 78 valence electrons. The van der Waals surface area contributed by atoms with Gasteiger partial charge >= 0.3 is 0 Å². The summed E-state index contributed by atoms with van der Waals surface area (Å²) >= 11 is 2.37. The van der Waals surface area contributed by atoms with Gasteiger partial charge in [-0.2, -0.15) is 0 Å². The number of hydrogen-bond donors (Lipinski definition) is 1. The zero-order valence-corrected chi connectivity index (χ0v) is 11.0. The standard InChI is InChI=1S/C11H14IN.ClH/c12-10-4-5-11-8(6-10)2-1-3-9(11)7-13;/h4-6,9H,1-3,7,13H2;1H/t9-;/m0./s1. The van der Waals surface area contributed by atoms with E-state index in [0.717, 1.165) is 6.54 Å². The van der Waals surface area contributed by atoms with Crippen LogP contribution in [0.25, 0.3) is 0 Å². The first-order valence-corrected chi connectivity index (χ1v) is 5.87. The molecule has 0 heterocycles. The molecule has 1 aliphatic carbocycles. The lowest BCUT2D eigenvalue weighted by atomic mass is 9.83. The second kappa shape index (κ2) is 5.33. The molecule has 0 spiro atoms. The largest absolute Gasteiger partial charge is 0.330 e. The van der Waals surface area contributed by atoms with Gasteiger partial charge in [-0.25, -0.2) is 0 Å². The fourth-order valence-electron chi connectivity index (χ4n) is 2.13. The van der Waals surface area contributed by atoms with Crippen LogP contribution in [0.1, 0.15) is 29.9 Å². The highest BCUT2D eigenvalue weighted by Crippen LogP contribution is 2.31. The molecule has 1 aliphatic rings. The topological polar surface area (TPSA) is 26.0 Å². The zero-order chi connectivity index (χ0) is 9.26. The van der Waals surface area contributed by atoms with Crippen LogP contribution in [0.4, 0.5) is 0 Å². The normalized spacial score (nSPS) is 19.7. The highest BCUT2D eigenvalue weighted by molar-refractivity contribution is 14.1. The van der Waals surface area contributed by atoms with E-state index in [4.69, 9.17) is 5.73 Å². The molecule has 0 aromatic heterocycles. The quantitative estimate of drug-likeness (QED) is 0.790. The molecule has 0 unspecified atom stereocenters. The Balaban J connectivity index is 0.000000980. The van der Waals surface area contributed by atoms with Gasteiger partial charge in [-0.1, -0.05) is 6.07 Å². The van der Waals surface area contributed by atoms with E-state index in [1.54, 1.807) is 0 Å². The van der Waals surface area contributed by atoms with E-state index < -0.39 is 0 Å². The number of benzene rings is 1. The maximum atomic E-state index is 5.75. The smallest absolute Gasteiger partial charge is 0.0133 e. The Morgan fingerprint density at radius 3 is 2.93 bits per heavy atom. The van der Waals surface area contributed by atoms with Gasteiger partial charge in [0.05, 0.1) is 0 Å². The lowest BCUT2D eigenvalue weighted by Gasteiger charge is -2.24. The average Bonchev–Trinajstić information content (AvgIpc) is 2.16. The molecule has 1 aromatic rings. The van der Waals surface area contributed by atoms with Gasteiger partial charge in [0.25, 0.3) is 0 Å². The molecule has 1 atom stereocenters. The second-order valence-corrected chi connectivity index (χ2v) is 4.91.